The molecule has 0 aliphatic carbocycles. The Morgan fingerprint density at radius 1 is 1.00 bits per heavy atom. The van der Waals surface area contributed by atoms with Crippen LogP contribution < -0.4 is 0 Å². The lowest BCUT2D eigenvalue weighted by atomic mass is 10.3. The van der Waals surface area contributed by atoms with Crippen LogP contribution in [0.4, 0.5) is 0 Å². The van der Waals surface area contributed by atoms with Gasteiger partial charge in [0, 0.05) is 33.8 Å². The van der Waals surface area contributed by atoms with Crippen LogP contribution in [0.25, 0.3) is 0 Å². The normalized spacial score (nSPS) is 11.5. The lowest BCUT2D eigenvalue weighted by molar-refractivity contribution is -0.143. The van der Waals surface area contributed by atoms with E-state index in [4.69, 9.17) is 18.0 Å². The minimum Gasteiger partial charge on any atom is -0.466 e. The molecule has 0 radical (unpaired) electrons. The molecule has 0 spiro atoms. The SMILES string of the molecule is CCC(=O)OCCCCC[Si](OC)(OC)OC. The summed E-state index contributed by atoms with van der Waals surface area (Å²) in [5.41, 5.74) is 0. The molecule has 0 aliphatic rings. The first kappa shape index (κ1) is 16.6. The summed E-state index contributed by atoms with van der Waals surface area (Å²) in [5, 5.41) is 0. The van der Waals surface area contributed by atoms with Crippen molar-refractivity contribution in [2.75, 3.05) is 27.9 Å². The second kappa shape index (κ2) is 9.58. The molecule has 0 rings (SSSR count). The Morgan fingerprint density at radius 3 is 2.06 bits per heavy atom. The Hall–Kier alpha value is -0.433. The molecule has 102 valence electrons. The van der Waals surface area contributed by atoms with Gasteiger partial charge in [-0.1, -0.05) is 13.3 Å². The molecule has 0 aromatic carbocycles. The standard InChI is InChI=1S/C11H24O5Si/c1-5-11(12)16-9-7-6-8-10-17(13-2,14-3)15-4/h5-10H2,1-4H3. The summed E-state index contributed by atoms with van der Waals surface area (Å²) >= 11 is 0. The molecule has 0 unspecified atom stereocenters. The Labute approximate surface area is 105 Å². The van der Waals surface area contributed by atoms with E-state index in [0.29, 0.717) is 13.0 Å². The van der Waals surface area contributed by atoms with E-state index in [9.17, 15) is 4.79 Å². The molecule has 0 saturated heterocycles. The van der Waals surface area contributed by atoms with Crippen LogP contribution in [0, 0.1) is 0 Å². The summed E-state index contributed by atoms with van der Waals surface area (Å²) in [5.74, 6) is -0.139. The Balaban J connectivity index is 3.59. The first-order valence-electron chi connectivity index (χ1n) is 5.95. The molecular formula is C11H24O5Si. The van der Waals surface area contributed by atoms with Crippen LogP contribution in [0.1, 0.15) is 32.6 Å². The summed E-state index contributed by atoms with van der Waals surface area (Å²) < 4.78 is 20.9. The predicted octanol–water partition coefficient (Wildman–Crippen LogP) is 1.99. The molecule has 0 heterocycles. The Morgan fingerprint density at radius 2 is 1.59 bits per heavy atom. The van der Waals surface area contributed by atoms with Gasteiger partial charge in [0.15, 0.2) is 0 Å². The van der Waals surface area contributed by atoms with Crippen LogP contribution in [-0.2, 0) is 22.8 Å². The summed E-state index contributed by atoms with van der Waals surface area (Å²) in [7, 11) is 2.43. The highest BCUT2D eigenvalue weighted by molar-refractivity contribution is 6.60. The number of unbranched alkanes of at least 4 members (excludes halogenated alkanes) is 2. The van der Waals surface area contributed by atoms with Crippen molar-refractivity contribution in [3.05, 3.63) is 0 Å². The molecule has 0 aromatic rings. The highest BCUT2D eigenvalue weighted by Crippen LogP contribution is 2.16. The number of ether oxygens (including phenoxy) is 1. The molecule has 0 bridgehead atoms. The van der Waals surface area contributed by atoms with Crippen molar-refractivity contribution in [2.24, 2.45) is 0 Å². The second-order valence-electron chi connectivity index (χ2n) is 3.68. The molecule has 0 aliphatic heterocycles. The zero-order valence-electron chi connectivity index (χ0n) is 11.3. The molecule has 0 fully saturated rings. The number of carbonyl (C=O) groups excluding carboxylic acids is 1. The van der Waals surface area contributed by atoms with Gasteiger partial charge in [-0.25, -0.2) is 0 Å². The quantitative estimate of drug-likeness (QED) is 0.343. The van der Waals surface area contributed by atoms with Crippen LogP contribution >= 0.6 is 0 Å². The summed E-state index contributed by atoms with van der Waals surface area (Å²) in [4.78, 5) is 10.9. The predicted molar refractivity (Wildman–Crippen MR) is 66.7 cm³/mol. The average molecular weight is 264 g/mol. The zero-order chi connectivity index (χ0) is 13.1. The lowest BCUT2D eigenvalue weighted by Gasteiger charge is -2.24. The number of esters is 1. The van der Waals surface area contributed by atoms with Gasteiger partial charge in [0.2, 0.25) is 0 Å². The minimum atomic E-state index is -2.41. The van der Waals surface area contributed by atoms with E-state index in [1.54, 1.807) is 28.3 Å². The fourth-order valence-electron chi connectivity index (χ4n) is 1.46. The second-order valence-corrected chi connectivity index (χ2v) is 6.77. The van der Waals surface area contributed by atoms with E-state index in [1.807, 2.05) is 0 Å². The van der Waals surface area contributed by atoms with E-state index >= 15 is 0 Å². The van der Waals surface area contributed by atoms with E-state index < -0.39 is 8.80 Å². The van der Waals surface area contributed by atoms with Crippen LogP contribution in [0.15, 0.2) is 0 Å². The zero-order valence-corrected chi connectivity index (χ0v) is 12.3. The van der Waals surface area contributed by atoms with Gasteiger partial charge in [-0.3, -0.25) is 4.79 Å². The maximum absolute atomic E-state index is 10.9. The molecule has 0 N–H and O–H groups in total. The molecule has 0 saturated carbocycles. The molecule has 0 amide bonds. The van der Waals surface area contributed by atoms with Gasteiger partial charge >= 0.3 is 14.8 Å². The number of rotatable bonds is 10. The van der Waals surface area contributed by atoms with Gasteiger partial charge in [-0.05, 0) is 12.8 Å². The summed E-state index contributed by atoms with van der Waals surface area (Å²) in [6, 6.07) is 0.790. The molecule has 6 heteroatoms. The molecular weight excluding hydrogens is 240 g/mol. The van der Waals surface area contributed by atoms with Crippen molar-refractivity contribution in [3.63, 3.8) is 0 Å². The van der Waals surface area contributed by atoms with E-state index in [0.717, 1.165) is 25.3 Å². The number of carbonyl (C=O) groups is 1. The van der Waals surface area contributed by atoms with Gasteiger partial charge in [-0.2, -0.15) is 0 Å². The molecule has 17 heavy (non-hydrogen) atoms. The first-order chi connectivity index (χ1) is 8.14. The third kappa shape index (κ3) is 6.77. The minimum absolute atomic E-state index is 0.139. The van der Waals surface area contributed by atoms with Crippen molar-refractivity contribution >= 4 is 14.8 Å². The van der Waals surface area contributed by atoms with Gasteiger partial charge in [0.05, 0.1) is 6.61 Å². The van der Waals surface area contributed by atoms with Gasteiger partial charge in [0.25, 0.3) is 0 Å². The highest BCUT2D eigenvalue weighted by Gasteiger charge is 2.36. The van der Waals surface area contributed by atoms with Crippen LogP contribution in [0.3, 0.4) is 0 Å². The van der Waals surface area contributed by atoms with Crippen molar-refractivity contribution < 1.29 is 22.8 Å². The maximum atomic E-state index is 10.9. The Bertz CT molecular complexity index is 198. The molecule has 0 atom stereocenters. The van der Waals surface area contributed by atoms with Crippen molar-refractivity contribution in [1.82, 2.24) is 0 Å². The van der Waals surface area contributed by atoms with Gasteiger partial charge < -0.3 is 18.0 Å². The maximum Gasteiger partial charge on any atom is 0.500 e. The van der Waals surface area contributed by atoms with Crippen molar-refractivity contribution in [3.8, 4) is 0 Å². The average Bonchev–Trinajstić information content (AvgIpc) is 2.38. The lowest BCUT2D eigenvalue weighted by Crippen LogP contribution is -2.42. The third-order valence-electron chi connectivity index (χ3n) is 2.61. The van der Waals surface area contributed by atoms with E-state index in [2.05, 4.69) is 0 Å². The third-order valence-corrected chi connectivity index (χ3v) is 5.44. The summed E-state index contributed by atoms with van der Waals surface area (Å²) in [6.07, 6.45) is 3.23. The van der Waals surface area contributed by atoms with Crippen molar-refractivity contribution in [1.29, 1.82) is 0 Å². The van der Waals surface area contributed by atoms with E-state index in [1.165, 1.54) is 0 Å². The molecule has 5 nitrogen and oxygen atoms in total. The van der Waals surface area contributed by atoms with Crippen LogP contribution in [-0.4, -0.2) is 42.7 Å². The fraction of sp³-hybridized carbons (Fsp3) is 0.909. The number of hydrogen-bond donors (Lipinski definition) is 0. The van der Waals surface area contributed by atoms with E-state index in [-0.39, 0.29) is 5.97 Å². The van der Waals surface area contributed by atoms with Crippen LogP contribution in [0.2, 0.25) is 6.04 Å². The largest absolute Gasteiger partial charge is 0.500 e. The smallest absolute Gasteiger partial charge is 0.466 e. The molecule has 0 aromatic heterocycles. The van der Waals surface area contributed by atoms with Gasteiger partial charge in [-0.15, -0.1) is 0 Å². The first-order valence-corrected chi connectivity index (χ1v) is 7.88. The fourth-order valence-corrected chi connectivity index (χ4v) is 3.26. The topological polar surface area (TPSA) is 54.0 Å². The highest BCUT2D eigenvalue weighted by atomic mass is 28.4. The Kier molecular flexibility index (Phi) is 9.34. The van der Waals surface area contributed by atoms with Crippen LogP contribution in [0.5, 0.6) is 0 Å². The monoisotopic (exact) mass is 264 g/mol. The summed E-state index contributed by atoms with van der Waals surface area (Å²) in [6.45, 7) is 2.28. The number of hydrogen-bond acceptors (Lipinski definition) is 5. The van der Waals surface area contributed by atoms with Crippen molar-refractivity contribution in [2.45, 2.75) is 38.7 Å². The van der Waals surface area contributed by atoms with Gasteiger partial charge in [0.1, 0.15) is 0 Å².